The number of rotatable bonds is 4. The van der Waals surface area contributed by atoms with Crippen LogP contribution in [-0.4, -0.2) is 36.7 Å². The number of hydrogen-bond acceptors (Lipinski definition) is 5. The largest absolute Gasteiger partial charge is 0.298 e. The second-order valence-corrected chi connectivity index (χ2v) is 8.23. The molecule has 1 aromatic carbocycles. The van der Waals surface area contributed by atoms with E-state index >= 15 is 0 Å². The monoisotopic (exact) mass is 369 g/mol. The van der Waals surface area contributed by atoms with Gasteiger partial charge in [0.15, 0.2) is 5.13 Å². The molecule has 0 aliphatic carbocycles. The van der Waals surface area contributed by atoms with E-state index in [4.69, 9.17) is 0 Å². The Bertz CT molecular complexity index is 832. The van der Waals surface area contributed by atoms with Gasteiger partial charge in [0.2, 0.25) is 10.0 Å². The first-order valence-corrected chi connectivity index (χ1v) is 9.81. The van der Waals surface area contributed by atoms with Gasteiger partial charge in [-0.3, -0.25) is 10.1 Å². The van der Waals surface area contributed by atoms with Crippen LogP contribution in [0, 0.1) is 5.82 Å². The second-order valence-electron chi connectivity index (χ2n) is 5.40. The van der Waals surface area contributed by atoms with Gasteiger partial charge in [0.25, 0.3) is 5.91 Å². The summed E-state index contributed by atoms with van der Waals surface area (Å²) in [5, 5.41) is 4.45. The van der Waals surface area contributed by atoms with Gasteiger partial charge < -0.3 is 0 Å². The lowest BCUT2D eigenvalue weighted by atomic mass is 10.2. The Balaban J connectivity index is 1.89. The van der Waals surface area contributed by atoms with E-state index in [9.17, 15) is 17.6 Å². The number of piperidine rings is 1. The number of amides is 1. The van der Waals surface area contributed by atoms with Crippen molar-refractivity contribution < 1.29 is 17.6 Å². The first-order valence-electron chi connectivity index (χ1n) is 7.49. The molecule has 0 saturated carbocycles. The van der Waals surface area contributed by atoms with Crippen LogP contribution >= 0.6 is 11.3 Å². The first-order chi connectivity index (χ1) is 11.5. The van der Waals surface area contributed by atoms with E-state index in [1.54, 1.807) is 5.38 Å². The van der Waals surface area contributed by atoms with Crippen molar-refractivity contribution in [2.24, 2.45) is 0 Å². The average Bonchev–Trinajstić information content (AvgIpc) is 3.08. The maximum Gasteiger partial charge on any atom is 0.260 e. The number of sulfonamides is 1. The number of halogens is 1. The Kier molecular flexibility index (Phi) is 4.93. The van der Waals surface area contributed by atoms with E-state index in [-0.39, 0.29) is 10.5 Å². The van der Waals surface area contributed by atoms with Gasteiger partial charge in [-0.15, -0.1) is 11.3 Å². The molecule has 1 N–H and O–H groups in total. The molecular formula is C15H16FN3O3S2. The van der Waals surface area contributed by atoms with Crippen LogP contribution in [0.25, 0.3) is 0 Å². The number of carbonyl (C=O) groups is 1. The van der Waals surface area contributed by atoms with Crippen LogP contribution in [0.1, 0.15) is 29.6 Å². The molecule has 0 atom stereocenters. The Labute approximate surface area is 143 Å². The predicted molar refractivity (Wildman–Crippen MR) is 89.1 cm³/mol. The summed E-state index contributed by atoms with van der Waals surface area (Å²) < 4.78 is 40.7. The molecule has 1 saturated heterocycles. The highest BCUT2D eigenvalue weighted by Crippen LogP contribution is 2.23. The number of carbonyl (C=O) groups excluding carboxylic acids is 1. The van der Waals surface area contributed by atoms with Crippen LogP contribution in [0.15, 0.2) is 34.7 Å². The number of anilines is 1. The fourth-order valence-corrected chi connectivity index (χ4v) is 4.61. The summed E-state index contributed by atoms with van der Waals surface area (Å²) in [5.41, 5.74) is -0.316. The molecule has 2 heterocycles. The van der Waals surface area contributed by atoms with Crippen LogP contribution in [0.3, 0.4) is 0 Å². The Morgan fingerprint density at radius 3 is 2.67 bits per heavy atom. The fraction of sp³-hybridized carbons (Fsp3) is 0.333. The summed E-state index contributed by atoms with van der Waals surface area (Å²) in [6.07, 6.45) is 4.11. The van der Waals surface area contributed by atoms with Gasteiger partial charge in [0.1, 0.15) is 5.82 Å². The minimum atomic E-state index is -3.72. The number of aromatic nitrogens is 1. The third kappa shape index (κ3) is 3.47. The van der Waals surface area contributed by atoms with E-state index in [0.717, 1.165) is 31.4 Å². The number of hydrogen-bond donors (Lipinski definition) is 1. The molecule has 1 aliphatic heterocycles. The standard InChI is InChI=1S/C15H16FN3O3S2/c16-13-5-4-11(24(21,22)19-7-2-1-3-8-19)10-12(13)14(20)18-15-17-6-9-23-15/h4-6,9-10H,1-3,7-8H2,(H,17,18,20). The summed E-state index contributed by atoms with van der Waals surface area (Å²) in [5.74, 6) is -1.50. The molecule has 0 spiro atoms. The molecular weight excluding hydrogens is 353 g/mol. The number of thiazole rings is 1. The molecule has 24 heavy (non-hydrogen) atoms. The van der Waals surface area contributed by atoms with E-state index < -0.39 is 21.7 Å². The Morgan fingerprint density at radius 2 is 2.00 bits per heavy atom. The van der Waals surface area contributed by atoms with Crippen molar-refractivity contribution in [3.8, 4) is 0 Å². The molecule has 6 nitrogen and oxygen atoms in total. The van der Waals surface area contributed by atoms with Crippen molar-refractivity contribution >= 4 is 32.4 Å². The zero-order chi connectivity index (χ0) is 17.2. The minimum absolute atomic E-state index is 0.0740. The molecule has 9 heteroatoms. The zero-order valence-electron chi connectivity index (χ0n) is 12.7. The third-order valence-corrected chi connectivity index (χ3v) is 6.37. The molecule has 0 radical (unpaired) electrons. The van der Waals surface area contributed by atoms with E-state index in [2.05, 4.69) is 10.3 Å². The van der Waals surface area contributed by atoms with Crippen molar-refractivity contribution in [1.82, 2.24) is 9.29 Å². The van der Waals surface area contributed by atoms with Crippen molar-refractivity contribution in [3.63, 3.8) is 0 Å². The molecule has 1 aliphatic rings. The molecule has 1 amide bonds. The van der Waals surface area contributed by atoms with E-state index in [1.165, 1.54) is 27.9 Å². The summed E-state index contributed by atoms with van der Waals surface area (Å²) in [6, 6.07) is 3.29. The quantitative estimate of drug-likeness (QED) is 0.899. The molecule has 128 valence electrons. The van der Waals surface area contributed by atoms with Gasteiger partial charge in [0.05, 0.1) is 10.5 Å². The molecule has 0 bridgehead atoms. The fourth-order valence-electron chi connectivity index (χ4n) is 2.54. The summed E-state index contributed by atoms with van der Waals surface area (Å²) in [6.45, 7) is 0.890. The lowest BCUT2D eigenvalue weighted by molar-refractivity contribution is 0.102. The second kappa shape index (κ2) is 6.96. The van der Waals surface area contributed by atoms with Gasteiger partial charge in [-0.25, -0.2) is 17.8 Å². The van der Waals surface area contributed by atoms with Gasteiger partial charge in [0, 0.05) is 24.7 Å². The maximum absolute atomic E-state index is 14.0. The average molecular weight is 369 g/mol. The van der Waals surface area contributed by atoms with Crippen LogP contribution in [-0.2, 0) is 10.0 Å². The van der Waals surface area contributed by atoms with Crippen molar-refractivity contribution in [2.75, 3.05) is 18.4 Å². The molecule has 2 aromatic rings. The molecule has 1 fully saturated rings. The highest BCUT2D eigenvalue weighted by Gasteiger charge is 2.27. The minimum Gasteiger partial charge on any atom is -0.298 e. The Morgan fingerprint density at radius 1 is 1.25 bits per heavy atom. The number of benzene rings is 1. The number of nitrogens with one attached hydrogen (secondary N) is 1. The van der Waals surface area contributed by atoms with Gasteiger partial charge in [-0.05, 0) is 31.0 Å². The van der Waals surface area contributed by atoms with E-state index in [0.29, 0.717) is 18.2 Å². The summed E-state index contributed by atoms with van der Waals surface area (Å²) in [7, 11) is -3.72. The highest BCUT2D eigenvalue weighted by atomic mass is 32.2. The summed E-state index contributed by atoms with van der Waals surface area (Å²) >= 11 is 1.19. The maximum atomic E-state index is 14.0. The highest BCUT2D eigenvalue weighted by molar-refractivity contribution is 7.89. The van der Waals surface area contributed by atoms with Crippen LogP contribution in [0.5, 0.6) is 0 Å². The Hall–Kier alpha value is -1.84. The van der Waals surface area contributed by atoms with Gasteiger partial charge >= 0.3 is 0 Å². The smallest absolute Gasteiger partial charge is 0.260 e. The first kappa shape index (κ1) is 17.0. The number of nitrogens with zero attached hydrogens (tertiary/aromatic N) is 2. The third-order valence-electron chi connectivity index (χ3n) is 3.79. The lowest BCUT2D eigenvalue weighted by Crippen LogP contribution is -2.35. The van der Waals surface area contributed by atoms with Crippen molar-refractivity contribution in [3.05, 3.63) is 41.2 Å². The summed E-state index contributed by atoms with van der Waals surface area (Å²) in [4.78, 5) is 16.0. The van der Waals surface area contributed by atoms with E-state index in [1.807, 2.05) is 0 Å². The topological polar surface area (TPSA) is 79.4 Å². The van der Waals surface area contributed by atoms with Crippen molar-refractivity contribution in [2.45, 2.75) is 24.2 Å². The molecule has 1 aromatic heterocycles. The van der Waals surface area contributed by atoms with Gasteiger partial charge in [-0.2, -0.15) is 4.31 Å². The van der Waals surface area contributed by atoms with Crippen LogP contribution in [0.4, 0.5) is 9.52 Å². The molecule has 3 rings (SSSR count). The predicted octanol–water partition coefficient (Wildman–Crippen LogP) is 2.71. The lowest BCUT2D eigenvalue weighted by Gasteiger charge is -2.26. The zero-order valence-corrected chi connectivity index (χ0v) is 14.4. The van der Waals surface area contributed by atoms with Crippen LogP contribution < -0.4 is 5.32 Å². The van der Waals surface area contributed by atoms with Gasteiger partial charge in [-0.1, -0.05) is 6.42 Å². The normalized spacial score (nSPS) is 16.0. The van der Waals surface area contributed by atoms with Crippen LogP contribution in [0.2, 0.25) is 0 Å². The SMILES string of the molecule is O=C(Nc1nccs1)c1cc(S(=O)(=O)N2CCCCC2)ccc1F. The van der Waals surface area contributed by atoms with Crippen molar-refractivity contribution in [1.29, 1.82) is 0 Å². The molecule has 0 unspecified atom stereocenters.